The number of tetrazole rings is 1. The molecule has 7 heteroatoms. The summed E-state index contributed by atoms with van der Waals surface area (Å²) in [6, 6.07) is 12.0. The molecule has 106 valence electrons. The first-order valence-corrected chi connectivity index (χ1v) is 6.22. The zero-order valence-electron chi connectivity index (χ0n) is 11.2. The third kappa shape index (κ3) is 2.53. The van der Waals surface area contributed by atoms with Gasteiger partial charge >= 0.3 is 6.01 Å². The van der Waals surface area contributed by atoms with Crippen molar-refractivity contribution in [3.63, 3.8) is 0 Å². The molecule has 0 unspecified atom stereocenters. The standard InChI is InChI=1S/C14H12FN5O/c1-9-7-13(11(15)8-12(9)16)21-14-17-18-19-20(14)10-5-3-2-4-6-10/h2-8H,16H2,1H3. The van der Waals surface area contributed by atoms with E-state index in [1.54, 1.807) is 6.92 Å². The quantitative estimate of drug-likeness (QED) is 0.748. The molecular weight excluding hydrogens is 273 g/mol. The Hall–Kier alpha value is -2.96. The second-order valence-corrected chi connectivity index (χ2v) is 4.45. The lowest BCUT2D eigenvalue weighted by Gasteiger charge is -2.08. The van der Waals surface area contributed by atoms with Crippen molar-refractivity contribution in [3.8, 4) is 17.4 Å². The summed E-state index contributed by atoms with van der Waals surface area (Å²) >= 11 is 0. The lowest BCUT2D eigenvalue weighted by molar-refractivity contribution is 0.399. The fraction of sp³-hybridized carbons (Fsp3) is 0.0714. The van der Waals surface area contributed by atoms with Crippen LogP contribution in [0, 0.1) is 12.7 Å². The third-order valence-corrected chi connectivity index (χ3v) is 2.96. The molecule has 1 heterocycles. The van der Waals surface area contributed by atoms with Gasteiger partial charge in [0.25, 0.3) is 0 Å². The van der Waals surface area contributed by atoms with E-state index in [4.69, 9.17) is 10.5 Å². The van der Waals surface area contributed by atoms with Crippen molar-refractivity contribution in [1.82, 2.24) is 20.2 Å². The van der Waals surface area contributed by atoms with Crippen molar-refractivity contribution in [2.24, 2.45) is 0 Å². The van der Waals surface area contributed by atoms with Gasteiger partial charge < -0.3 is 10.5 Å². The molecule has 0 saturated carbocycles. The Bertz CT molecular complexity index is 772. The smallest absolute Gasteiger partial charge is 0.346 e. The number of anilines is 1. The van der Waals surface area contributed by atoms with Crippen LogP contribution in [0.5, 0.6) is 11.8 Å². The summed E-state index contributed by atoms with van der Waals surface area (Å²) in [6.07, 6.45) is 0. The number of nitrogens with zero attached hydrogens (tertiary/aromatic N) is 4. The predicted molar refractivity (Wildman–Crippen MR) is 74.8 cm³/mol. The molecule has 21 heavy (non-hydrogen) atoms. The van der Waals surface area contributed by atoms with Crippen LogP contribution in [-0.4, -0.2) is 20.2 Å². The maximum Gasteiger partial charge on any atom is 0.346 e. The van der Waals surface area contributed by atoms with Crippen LogP contribution in [0.25, 0.3) is 5.69 Å². The molecule has 3 aromatic rings. The largest absolute Gasteiger partial charge is 0.420 e. The van der Waals surface area contributed by atoms with Crippen LogP contribution in [-0.2, 0) is 0 Å². The van der Waals surface area contributed by atoms with E-state index in [0.717, 1.165) is 0 Å². The second kappa shape index (κ2) is 5.20. The van der Waals surface area contributed by atoms with Crippen molar-refractivity contribution < 1.29 is 9.13 Å². The van der Waals surface area contributed by atoms with Gasteiger partial charge in [0.05, 0.1) is 5.69 Å². The van der Waals surface area contributed by atoms with E-state index in [-0.39, 0.29) is 11.8 Å². The number of benzene rings is 2. The zero-order chi connectivity index (χ0) is 14.8. The summed E-state index contributed by atoms with van der Waals surface area (Å²) in [5, 5.41) is 11.2. The Morgan fingerprint density at radius 2 is 1.95 bits per heavy atom. The molecule has 2 aromatic carbocycles. The topological polar surface area (TPSA) is 78.9 Å². The third-order valence-electron chi connectivity index (χ3n) is 2.96. The molecule has 0 amide bonds. The monoisotopic (exact) mass is 285 g/mol. The number of para-hydroxylation sites is 1. The van der Waals surface area contributed by atoms with Crippen LogP contribution in [0.15, 0.2) is 42.5 Å². The molecule has 0 radical (unpaired) electrons. The van der Waals surface area contributed by atoms with Gasteiger partial charge in [0.15, 0.2) is 11.6 Å². The van der Waals surface area contributed by atoms with Gasteiger partial charge in [-0.15, -0.1) is 0 Å². The molecular formula is C14H12FN5O. The Morgan fingerprint density at radius 1 is 1.19 bits per heavy atom. The van der Waals surface area contributed by atoms with Crippen LogP contribution in [0.1, 0.15) is 5.56 Å². The van der Waals surface area contributed by atoms with Gasteiger partial charge in [-0.2, -0.15) is 4.68 Å². The molecule has 0 atom stereocenters. The van der Waals surface area contributed by atoms with E-state index in [0.29, 0.717) is 16.9 Å². The minimum Gasteiger partial charge on any atom is -0.420 e. The number of nitrogen functional groups attached to an aromatic ring is 1. The maximum absolute atomic E-state index is 13.9. The van der Waals surface area contributed by atoms with Crippen LogP contribution < -0.4 is 10.5 Å². The number of aromatic nitrogens is 4. The van der Waals surface area contributed by atoms with Gasteiger partial charge in [0, 0.05) is 11.8 Å². The van der Waals surface area contributed by atoms with E-state index < -0.39 is 5.82 Å². The van der Waals surface area contributed by atoms with Crippen molar-refractivity contribution >= 4 is 5.69 Å². The summed E-state index contributed by atoms with van der Waals surface area (Å²) in [5.41, 5.74) is 7.43. The highest BCUT2D eigenvalue weighted by atomic mass is 19.1. The maximum atomic E-state index is 13.9. The van der Waals surface area contributed by atoms with Gasteiger partial charge in [-0.3, -0.25) is 0 Å². The van der Waals surface area contributed by atoms with Crippen LogP contribution in [0.2, 0.25) is 0 Å². The summed E-state index contributed by atoms with van der Waals surface area (Å²) in [6.45, 7) is 1.77. The van der Waals surface area contributed by atoms with Crippen molar-refractivity contribution in [2.75, 3.05) is 5.73 Å². The number of ether oxygens (including phenoxy) is 1. The molecule has 2 N–H and O–H groups in total. The molecule has 0 aliphatic heterocycles. The van der Waals surface area contributed by atoms with Crippen molar-refractivity contribution in [3.05, 3.63) is 53.8 Å². The SMILES string of the molecule is Cc1cc(Oc2nnnn2-c2ccccc2)c(F)cc1N. The lowest BCUT2D eigenvalue weighted by Crippen LogP contribution is -2.01. The highest BCUT2D eigenvalue weighted by Crippen LogP contribution is 2.27. The molecule has 0 aliphatic rings. The number of halogens is 1. The van der Waals surface area contributed by atoms with Crippen LogP contribution in [0.3, 0.4) is 0 Å². The fourth-order valence-corrected chi connectivity index (χ4v) is 1.82. The minimum atomic E-state index is -0.569. The summed E-state index contributed by atoms with van der Waals surface area (Å²) in [4.78, 5) is 0. The van der Waals surface area contributed by atoms with Gasteiger partial charge in [0.1, 0.15) is 0 Å². The lowest BCUT2D eigenvalue weighted by atomic mass is 10.2. The van der Waals surface area contributed by atoms with Crippen molar-refractivity contribution in [1.29, 1.82) is 0 Å². The minimum absolute atomic E-state index is 0.0219. The first-order chi connectivity index (χ1) is 10.1. The van der Waals surface area contributed by atoms with E-state index in [9.17, 15) is 4.39 Å². The van der Waals surface area contributed by atoms with Gasteiger partial charge in [-0.25, -0.2) is 4.39 Å². The summed E-state index contributed by atoms with van der Waals surface area (Å²) < 4.78 is 20.7. The predicted octanol–water partition coefficient (Wildman–Crippen LogP) is 2.48. The van der Waals surface area contributed by atoms with Crippen LogP contribution in [0.4, 0.5) is 10.1 Å². The Labute approximate surface area is 120 Å². The molecule has 0 bridgehead atoms. The number of hydrogen-bond donors (Lipinski definition) is 1. The van der Waals surface area contributed by atoms with Crippen molar-refractivity contribution in [2.45, 2.75) is 6.92 Å². The fourth-order valence-electron chi connectivity index (χ4n) is 1.82. The zero-order valence-corrected chi connectivity index (χ0v) is 11.2. The number of nitrogens with two attached hydrogens (primary N) is 1. The first-order valence-electron chi connectivity index (χ1n) is 6.22. The summed E-state index contributed by atoms with van der Waals surface area (Å²) in [5.74, 6) is -0.547. The number of rotatable bonds is 3. The molecule has 0 saturated heterocycles. The highest BCUT2D eigenvalue weighted by Gasteiger charge is 2.14. The molecule has 0 fully saturated rings. The van der Waals surface area contributed by atoms with E-state index >= 15 is 0 Å². The van der Waals surface area contributed by atoms with Gasteiger partial charge in [-0.1, -0.05) is 23.3 Å². The Morgan fingerprint density at radius 3 is 2.71 bits per heavy atom. The highest BCUT2D eigenvalue weighted by molar-refractivity contribution is 5.51. The van der Waals surface area contributed by atoms with E-state index in [2.05, 4.69) is 15.5 Å². The van der Waals surface area contributed by atoms with Crippen LogP contribution >= 0.6 is 0 Å². The molecule has 6 nitrogen and oxygen atoms in total. The van der Waals surface area contributed by atoms with E-state index in [1.807, 2.05) is 30.3 Å². The second-order valence-electron chi connectivity index (χ2n) is 4.45. The molecule has 3 rings (SSSR count). The Balaban J connectivity index is 1.97. The Kier molecular flexibility index (Phi) is 3.23. The molecule has 1 aromatic heterocycles. The first kappa shape index (κ1) is 13.0. The van der Waals surface area contributed by atoms with Gasteiger partial charge in [-0.05, 0) is 41.1 Å². The number of hydrogen-bond acceptors (Lipinski definition) is 5. The molecule has 0 aliphatic carbocycles. The number of aryl methyl sites for hydroxylation is 1. The average molecular weight is 285 g/mol. The molecule has 0 spiro atoms. The normalized spacial score (nSPS) is 10.6. The van der Waals surface area contributed by atoms with E-state index in [1.165, 1.54) is 16.8 Å². The summed E-state index contributed by atoms with van der Waals surface area (Å²) in [7, 11) is 0. The average Bonchev–Trinajstić information content (AvgIpc) is 2.94. The van der Waals surface area contributed by atoms with Gasteiger partial charge in [0.2, 0.25) is 0 Å².